The van der Waals surface area contributed by atoms with Gasteiger partial charge < -0.3 is 14.8 Å². The third kappa shape index (κ3) is 6.96. The molecule has 0 saturated heterocycles. The van der Waals surface area contributed by atoms with Gasteiger partial charge in [0.2, 0.25) is 10.0 Å². The number of carbonyl (C=O) groups is 1. The monoisotopic (exact) mass is 667 g/mol. The topological polar surface area (TPSA) is 80.8 Å². The van der Waals surface area contributed by atoms with E-state index in [1.807, 2.05) is 13.8 Å². The molecule has 3 fully saturated rings. The summed E-state index contributed by atoms with van der Waals surface area (Å²) in [5.74, 6) is 4.64. The minimum atomic E-state index is -3.63. The van der Waals surface area contributed by atoms with E-state index < -0.39 is 16.1 Å². The second-order valence-corrected chi connectivity index (χ2v) is 18.7. The molecule has 6 nitrogen and oxygen atoms in total. The molecule has 0 bridgehead atoms. The number of anilines is 1. The van der Waals surface area contributed by atoms with Crippen molar-refractivity contribution in [2.75, 3.05) is 18.0 Å². The van der Waals surface area contributed by atoms with Crippen LogP contribution in [0.4, 0.5) is 10.5 Å². The molecule has 4 aliphatic carbocycles. The molecule has 47 heavy (non-hydrogen) atoms. The van der Waals surface area contributed by atoms with Gasteiger partial charge in [0.15, 0.2) is 0 Å². The van der Waals surface area contributed by atoms with E-state index in [4.69, 9.17) is 0 Å². The quantitative estimate of drug-likeness (QED) is 0.197. The van der Waals surface area contributed by atoms with Gasteiger partial charge in [0.1, 0.15) is 6.09 Å². The van der Waals surface area contributed by atoms with Crippen LogP contribution in [0.3, 0.4) is 0 Å². The Labute approximate surface area is 286 Å². The first kappa shape index (κ1) is 36.4. The molecule has 264 valence electrons. The SMILES string of the molecule is CCCN(CCC)S(=O)(=O)c1ccc(N(C(=O)[O-])C2CC[C@@]3(C)C(=CC[C@H]4[C@@H]5CC[C@H]([C@H](C)CCCC(C)C)[C@@]5(C)CC[C@@H]43)C2)cc1. The van der Waals surface area contributed by atoms with Crippen LogP contribution in [0.15, 0.2) is 40.8 Å². The molecular weight excluding hydrogens is 605 g/mol. The number of fused-ring (bicyclic) bond motifs is 5. The molecule has 0 N–H and O–H groups in total. The minimum Gasteiger partial charge on any atom is -0.530 e. The molecule has 7 heteroatoms. The van der Waals surface area contributed by atoms with Crippen LogP contribution in [-0.2, 0) is 10.0 Å². The predicted octanol–water partition coefficient (Wildman–Crippen LogP) is 9.06. The van der Waals surface area contributed by atoms with E-state index in [0.29, 0.717) is 30.1 Å². The maximum absolute atomic E-state index is 13.3. The zero-order valence-electron chi connectivity index (χ0n) is 30.5. The van der Waals surface area contributed by atoms with Crippen molar-refractivity contribution in [3.63, 3.8) is 0 Å². The van der Waals surface area contributed by atoms with Crippen molar-refractivity contribution < 1.29 is 18.3 Å². The van der Waals surface area contributed by atoms with E-state index in [1.165, 1.54) is 59.7 Å². The summed E-state index contributed by atoms with van der Waals surface area (Å²) in [4.78, 5) is 14.3. The third-order valence-corrected chi connectivity index (χ3v) is 15.5. The molecule has 1 unspecified atom stereocenters. The standard InChI is InChI=1S/C40H64N2O4S/c1-8-25-41(26-9-2)47(45,46)33-16-14-31(15-17-33)42(38(43)44)32-21-23-39(6)30(27-32)13-18-34-36-20-19-35(29(5)12-10-11-28(3)4)40(36,7)24-22-37(34)39/h13-17,28-29,32,34-37H,8-12,18-27H2,1-7H3,(H,43,44)/p-1/t29-,32?,34+,35-,36+,37+,39+,40-/m1/s1. The summed E-state index contributed by atoms with van der Waals surface area (Å²) in [5, 5.41) is 12.6. The number of benzene rings is 1. The Kier molecular flexibility index (Phi) is 11.3. The molecule has 0 spiro atoms. The third-order valence-electron chi connectivity index (χ3n) is 13.5. The highest BCUT2D eigenvalue weighted by Crippen LogP contribution is 2.67. The number of sulfonamides is 1. The van der Waals surface area contributed by atoms with Crippen molar-refractivity contribution in [3.8, 4) is 0 Å². The lowest BCUT2D eigenvalue weighted by atomic mass is 9.46. The van der Waals surface area contributed by atoms with Crippen LogP contribution in [0.25, 0.3) is 0 Å². The lowest BCUT2D eigenvalue weighted by Crippen LogP contribution is -2.54. The van der Waals surface area contributed by atoms with E-state index in [2.05, 4.69) is 40.7 Å². The predicted molar refractivity (Wildman–Crippen MR) is 190 cm³/mol. The van der Waals surface area contributed by atoms with Gasteiger partial charge in [-0.25, -0.2) is 8.42 Å². The Bertz CT molecular complexity index is 1370. The van der Waals surface area contributed by atoms with Crippen LogP contribution >= 0.6 is 0 Å². The summed E-state index contributed by atoms with van der Waals surface area (Å²) < 4.78 is 28.2. The van der Waals surface area contributed by atoms with Crippen LogP contribution in [-0.4, -0.2) is 37.9 Å². The summed E-state index contributed by atoms with van der Waals surface area (Å²) in [6.45, 7) is 17.2. The van der Waals surface area contributed by atoms with Gasteiger partial charge in [-0.2, -0.15) is 4.31 Å². The number of allylic oxidation sites excluding steroid dienone is 1. The number of carboxylic acid groups (broad SMARTS) is 1. The summed E-state index contributed by atoms with van der Waals surface area (Å²) in [6, 6.07) is 6.23. The largest absolute Gasteiger partial charge is 0.530 e. The molecule has 1 aromatic carbocycles. The maximum Gasteiger partial charge on any atom is 0.243 e. The van der Waals surface area contributed by atoms with E-state index in [1.54, 1.807) is 24.3 Å². The second-order valence-electron chi connectivity index (χ2n) is 16.7. The second kappa shape index (κ2) is 14.5. The highest BCUT2D eigenvalue weighted by molar-refractivity contribution is 7.89. The summed E-state index contributed by atoms with van der Waals surface area (Å²) in [7, 11) is -3.63. The van der Waals surface area contributed by atoms with Crippen LogP contribution in [0.5, 0.6) is 0 Å². The van der Waals surface area contributed by atoms with Crippen molar-refractivity contribution in [1.82, 2.24) is 4.31 Å². The molecule has 0 aliphatic heterocycles. The van der Waals surface area contributed by atoms with Gasteiger partial charge in [-0.1, -0.05) is 79.4 Å². The first-order valence-corrected chi connectivity index (χ1v) is 20.5. The normalized spacial score (nSPS) is 32.8. The van der Waals surface area contributed by atoms with Crippen LogP contribution in [0, 0.1) is 46.3 Å². The fourth-order valence-electron chi connectivity index (χ4n) is 11.1. The smallest absolute Gasteiger partial charge is 0.243 e. The fraction of sp³-hybridized carbons (Fsp3) is 0.775. The Morgan fingerprint density at radius 1 is 0.936 bits per heavy atom. The first-order valence-electron chi connectivity index (χ1n) is 19.1. The summed E-state index contributed by atoms with van der Waals surface area (Å²) in [5.41, 5.74) is 2.51. The highest BCUT2D eigenvalue weighted by Gasteiger charge is 2.59. The Morgan fingerprint density at radius 3 is 2.23 bits per heavy atom. The molecule has 0 radical (unpaired) electrons. The van der Waals surface area contributed by atoms with Gasteiger partial charge in [-0.05, 0) is 135 Å². The van der Waals surface area contributed by atoms with Gasteiger partial charge >= 0.3 is 0 Å². The average molecular weight is 668 g/mol. The van der Waals surface area contributed by atoms with Gasteiger partial charge in [-0.3, -0.25) is 0 Å². The molecule has 3 saturated carbocycles. The number of hydrogen-bond acceptors (Lipinski definition) is 4. The molecule has 0 aromatic heterocycles. The minimum absolute atomic E-state index is 0.124. The first-order chi connectivity index (χ1) is 22.3. The van der Waals surface area contributed by atoms with Crippen LogP contribution in [0.2, 0.25) is 0 Å². The van der Waals surface area contributed by atoms with E-state index in [-0.39, 0.29) is 16.4 Å². The van der Waals surface area contributed by atoms with Crippen molar-refractivity contribution in [3.05, 3.63) is 35.9 Å². The summed E-state index contributed by atoms with van der Waals surface area (Å²) >= 11 is 0. The van der Waals surface area contributed by atoms with Gasteiger partial charge in [0.05, 0.1) is 4.90 Å². The number of rotatable bonds is 13. The summed E-state index contributed by atoms with van der Waals surface area (Å²) in [6.07, 6.45) is 15.9. The zero-order valence-corrected chi connectivity index (χ0v) is 31.3. The molecule has 1 aromatic rings. The Balaban J connectivity index is 1.30. The molecule has 1 amide bonds. The number of nitrogens with zero attached hydrogens (tertiary/aromatic N) is 2. The number of hydrogen-bond donors (Lipinski definition) is 0. The highest BCUT2D eigenvalue weighted by atomic mass is 32.2. The van der Waals surface area contributed by atoms with Crippen molar-refractivity contribution in [2.24, 2.45) is 46.3 Å². The lowest BCUT2D eigenvalue weighted by Gasteiger charge is -2.59. The van der Waals surface area contributed by atoms with E-state index in [9.17, 15) is 18.3 Å². The van der Waals surface area contributed by atoms with Crippen molar-refractivity contribution in [2.45, 2.75) is 143 Å². The zero-order chi connectivity index (χ0) is 34.1. The number of amides is 1. The maximum atomic E-state index is 13.3. The molecule has 4 aliphatic rings. The van der Waals surface area contributed by atoms with E-state index in [0.717, 1.165) is 68.1 Å². The Morgan fingerprint density at radius 2 is 1.62 bits per heavy atom. The van der Waals surface area contributed by atoms with Gasteiger partial charge in [0, 0.05) is 24.8 Å². The Hall–Kier alpha value is -1.86. The molecule has 5 rings (SSSR count). The van der Waals surface area contributed by atoms with Gasteiger partial charge in [0.25, 0.3) is 0 Å². The lowest BCUT2D eigenvalue weighted by molar-refractivity contribution is -0.247. The van der Waals surface area contributed by atoms with Crippen LogP contribution in [0.1, 0.15) is 132 Å². The number of carbonyl (C=O) groups excluding carboxylic acids is 1. The van der Waals surface area contributed by atoms with Crippen LogP contribution < -0.4 is 10.0 Å². The fourth-order valence-corrected chi connectivity index (χ4v) is 12.8. The van der Waals surface area contributed by atoms with Crippen molar-refractivity contribution in [1.29, 1.82) is 0 Å². The molecule has 0 heterocycles. The molecular formula is C40H63N2O4S-. The average Bonchev–Trinajstić information content (AvgIpc) is 3.38. The molecule has 8 atom stereocenters. The van der Waals surface area contributed by atoms with E-state index >= 15 is 0 Å². The van der Waals surface area contributed by atoms with Crippen molar-refractivity contribution >= 4 is 21.8 Å². The van der Waals surface area contributed by atoms with Gasteiger partial charge in [-0.15, -0.1) is 0 Å².